The first-order valence-electron chi connectivity index (χ1n) is 5.80. The van der Waals surface area contributed by atoms with Gasteiger partial charge in [-0.1, -0.05) is 6.07 Å². The smallest absolute Gasteiger partial charge is 0.226 e. The second-order valence-corrected chi connectivity index (χ2v) is 4.87. The largest absolute Gasteiger partial charge is 0.359 e. The Hall–Kier alpha value is -1.42. The minimum atomic E-state index is -0.396. The molecule has 1 heterocycles. The molecular weight excluding hydrogens is 214 g/mol. The third kappa shape index (κ3) is 4.15. The van der Waals surface area contributed by atoms with Gasteiger partial charge in [0.05, 0.1) is 5.41 Å². The van der Waals surface area contributed by atoms with Crippen molar-refractivity contribution in [2.45, 2.75) is 27.3 Å². The van der Waals surface area contributed by atoms with E-state index in [1.54, 1.807) is 7.05 Å². The molecule has 0 aliphatic rings. The van der Waals surface area contributed by atoms with E-state index in [-0.39, 0.29) is 5.91 Å². The van der Waals surface area contributed by atoms with Crippen molar-refractivity contribution in [1.29, 1.82) is 0 Å². The first-order chi connectivity index (χ1) is 7.95. The summed E-state index contributed by atoms with van der Waals surface area (Å²) in [5, 5.41) is 5.95. The Labute approximate surface area is 103 Å². The van der Waals surface area contributed by atoms with Crippen LogP contribution in [0.3, 0.4) is 0 Å². The van der Waals surface area contributed by atoms with E-state index in [4.69, 9.17) is 0 Å². The molecule has 1 rings (SSSR count). The quantitative estimate of drug-likeness (QED) is 0.807. The zero-order valence-electron chi connectivity index (χ0n) is 11.0. The maximum Gasteiger partial charge on any atom is 0.226 e. The molecule has 0 aliphatic carbocycles. The maximum atomic E-state index is 11.6. The van der Waals surface area contributed by atoms with Crippen LogP contribution in [0, 0.1) is 12.3 Å². The molecule has 0 aromatic carbocycles. The molecule has 94 valence electrons. The standard InChI is InChI=1S/C13H21N3O/c1-10-5-6-11(8-16-10)7-15-9-13(2,3)12(17)14-4/h5-6,8,15H,7,9H2,1-4H3,(H,14,17). The van der Waals surface area contributed by atoms with Crippen LogP contribution < -0.4 is 10.6 Å². The highest BCUT2D eigenvalue weighted by Gasteiger charge is 2.25. The van der Waals surface area contributed by atoms with Crippen molar-refractivity contribution in [2.24, 2.45) is 5.41 Å². The summed E-state index contributed by atoms with van der Waals surface area (Å²) in [6.45, 7) is 7.18. The predicted molar refractivity (Wildman–Crippen MR) is 68.5 cm³/mol. The average Bonchev–Trinajstić information content (AvgIpc) is 2.30. The number of nitrogens with zero attached hydrogens (tertiary/aromatic N) is 1. The fourth-order valence-electron chi connectivity index (χ4n) is 1.54. The van der Waals surface area contributed by atoms with Crippen LogP contribution in [0.1, 0.15) is 25.1 Å². The topological polar surface area (TPSA) is 54.0 Å². The number of amides is 1. The molecule has 0 atom stereocenters. The number of pyridine rings is 1. The lowest BCUT2D eigenvalue weighted by Crippen LogP contribution is -2.41. The van der Waals surface area contributed by atoms with Gasteiger partial charge in [0.1, 0.15) is 0 Å². The summed E-state index contributed by atoms with van der Waals surface area (Å²) in [7, 11) is 1.66. The molecule has 0 saturated carbocycles. The highest BCUT2D eigenvalue weighted by Crippen LogP contribution is 2.13. The van der Waals surface area contributed by atoms with Gasteiger partial charge in [-0.3, -0.25) is 9.78 Å². The Bertz CT molecular complexity index is 371. The molecule has 0 bridgehead atoms. The molecule has 0 aliphatic heterocycles. The zero-order chi connectivity index (χ0) is 12.9. The van der Waals surface area contributed by atoms with Gasteiger partial charge in [-0.25, -0.2) is 0 Å². The summed E-state index contributed by atoms with van der Waals surface area (Å²) >= 11 is 0. The van der Waals surface area contributed by atoms with E-state index in [0.717, 1.165) is 17.8 Å². The van der Waals surface area contributed by atoms with Gasteiger partial charge in [-0.15, -0.1) is 0 Å². The van der Waals surface area contributed by atoms with Crippen molar-refractivity contribution < 1.29 is 4.79 Å². The van der Waals surface area contributed by atoms with E-state index < -0.39 is 5.41 Å². The van der Waals surface area contributed by atoms with Crippen LogP contribution in [0.25, 0.3) is 0 Å². The van der Waals surface area contributed by atoms with Gasteiger partial charge in [-0.05, 0) is 32.4 Å². The van der Waals surface area contributed by atoms with Crippen molar-refractivity contribution in [3.63, 3.8) is 0 Å². The van der Waals surface area contributed by atoms with Crippen molar-refractivity contribution in [2.75, 3.05) is 13.6 Å². The Morgan fingerprint density at radius 1 is 1.41 bits per heavy atom. The van der Waals surface area contributed by atoms with Crippen LogP contribution in [-0.2, 0) is 11.3 Å². The number of carbonyl (C=O) groups is 1. The highest BCUT2D eigenvalue weighted by molar-refractivity contribution is 5.81. The summed E-state index contributed by atoms with van der Waals surface area (Å²) in [4.78, 5) is 15.8. The SMILES string of the molecule is CNC(=O)C(C)(C)CNCc1ccc(C)nc1. The molecule has 0 spiro atoms. The van der Waals surface area contributed by atoms with E-state index in [1.165, 1.54) is 0 Å². The van der Waals surface area contributed by atoms with Gasteiger partial charge < -0.3 is 10.6 Å². The average molecular weight is 235 g/mol. The van der Waals surface area contributed by atoms with E-state index in [1.807, 2.05) is 39.1 Å². The van der Waals surface area contributed by atoms with E-state index in [0.29, 0.717) is 6.54 Å². The summed E-state index contributed by atoms with van der Waals surface area (Å²) in [6.07, 6.45) is 1.86. The number of aryl methyl sites for hydroxylation is 1. The monoisotopic (exact) mass is 235 g/mol. The van der Waals surface area contributed by atoms with Gasteiger partial charge in [0, 0.05) is 32.0 Å². The van der Waals surface area contributed by atoms with Gasteiger partial charge in [0.2, 0.25) is 5.91 Å². The van der Waals surface area contributed by atoms with Crippen LogP contribution in [-0.4, -0.2) is 24.5 Å². The molecule has 17 heavy (non-hydrogen) atoms. The molecule has 1 aromatic rings. The molecule has 0 unspecified atom stereocenters. The van der Waals surface area contributed by atoms with Crippen molar-refractivity contribution in [1.82, 2.24) is 15.6 Å². The molecule has 4 nitrogen and oxygen atoms in total. The number of nitrogens with one attached hydrogen (secondary N) is 2. The molecule has 1 aromatic heterocycles. The lowest BCUT2D eigenvalue weighted by atomic mass is 9.92. The van der Waals surface area contributed by atoms with Crippen LogP contribution in [0.4, 0.5) is 0 Å². The highest BCUT2D eigenvalue weighted by atomic mass is 16.2. The molecule has 0 radical (unpaired) electrons. The molecule has 0 saturated heterocycles. The van der Waals surface area contributed by atoms with E-state index >= 15 is 0 Å². The summed E-state index contributed by atoms with van der Waals surface area (Å²) in [5.41, 5.74) is 1.75. The molecule has 0 fully saturated rings. The van der Waals surface area contributed by atoms with Crippen LogP contribution >= 0.6 is 0 Å². The minimum Gasteiger partial charge on any atom is -0.359 e. The first kappa shape index (κ1) is 13.6. The number of carbonyl (C=O) groups excluding carboxylic acids is 1. The fourth-order valence-corrected chi connectivity index (χ4v) is 1.54. The Morgan fingerprint density at radius 3 is 2.65 bits per heavy atom. The Balaban J connectivity index is 2.42. The third-order valence-corrected chi connectivity index (χ3v) is 2.71. The van der Waals surface area contributed by atoms with Crippen molar-refractivity contribution in [3.05, 3.63) is 29.6 Å². The summed E-state index contributed by atoms with van der Waals surface area (Å²) in [6, 6.07) is 4.03. The lowest BCUT2D eigenvalue weighted by Gasteiger charge is -2.22. The van der Waals surface area contributed by atoms with Gasteiger partial charge in [0.25, 0.3) is 0 Å². The van der Waals surface area contributed by atoms with Gasteiger partial charge >= 0.3 is 0 Å². The maximum absolute atomic E-state index is 11.6. The number of hydrogen-bond acceptors (Lipinski definition) is 3. The van der Waals surface area contributed by atoms with Crippen LogP contribution in [0.5, 0.6) is 0 Å². The normalized spacial score (nSPS) is 11.3. The van der Waals surface area contributed by atoms with Crippen LogP contribution in [0.15, 0.2) is 18.3 Å². The number of aromatic nitrogens is 1. The second-order valence-electron chi connectivity index (χ2n) is 4.87. The number of hydrogen-bond donors (Lipinski definition) is 2. The Morgan fingerprint density at radius 2 is 2.12 bits per heavy atom. The van der Waals surface area contributed by atoms with Crippen molar-refractivity contribution in [3.8, 4) is 0 Å². The van der Waals surface area contributed by atoms with Gasteiger partial charge in [-0.2, -0.15) is 0 Å². The molecule has 1 amide bonds. The molecule has 4 heteroatoms. The number of rotatable bonds is 5. The van der Waals surface area contributed by atoms with E-state index in [2.05, 4.69) is 15.6 Å². The van der Waals surface area contributed by atoms with Crippen LogP contribution in [0.2, 0.25) is 0 Å². The molecular formula is C13H21N3O. The third-order valence-electron chi connectivity index (χ3n) is 2.71. The van der Waals surface area contributed by atoms with E-state index in [9.17, 15) is 4.79 Å². The predicted octanol–water partition coefficient (Wildman–Crippen LogP) is 1.25. The fraction of sp³-hybridized carbons (Fsp3) is 0.538. The first-order valence-corrected chi connectivity index (χ1v) is 5.80. The molecule has 2 N–H and O–H groups in total. The zero-order valence-corrected chi connectivity index (χ0v) is 11.0. The summed E-state index contributed by atoms with van der Waals surface area (Å²) in [5.74, 6) is 0.0482. The van der Waals surface area contributed by atoms with Crippen molar-refractivity contribution >= 4 is 5.91 Å². The Kier molecular flexibility index (Phi) is 4.63. The second kappa shape index (κ2) is 5.77. The summed E-state index contributed by atoms with van der Waals surface area (Å²) < 4.78 is 0. The minimum absolute atomic E-state index is 0.0482. The lowest BCUT2D eigenvalue weighted by molar-refractivity contribution is -0.128. The van der Waals surface area contributed by atoms with Gasteiger partial charge in [0.15, 0.2) is 0 Å².